The lowest BCUT2D eigenvalue weighted by atomic mass is 9.92. The van der Waals surface area contributed by atoms with Crippen molar-refractivity contribution in [3.05, 3.63) is 107 Å². The van der Waals surface area contributed by atoms with Crippen LogP contribution >= 0.6 is 0 Å². The quantitative estimate of drug-likeness (QED) is 0.190. The highest BCUT2D eigenvalue weighted by molar-refractivity contribution is 7.85. The van der Waals surface area contributed by atoms with Crippen LogP contribution in [0.2, 0.25) is 0 Å². The molecule has 7 rings (SSSR count). The van der Waals surface area contributed by atoms with Crippen LogP contribution in [0.15, 0.2) is 88.9 Å². The Bertz CT molecular complexity index is 1940. The molecule has 0 spiro atoms. The molecule has 4 heterocycles. The first-order chi connectivity index (χ1) is 22.5. The van der Waals surface area contributed by atoms with Crippen molar-refractivity contribution in [3.8, 4) is 11.5 Å². The molecule has 2 aliphatic rings. The van der Waals surface area contributed by atoms with Gasteiger partial charge in [-0.2, -0.15) is 4.98 Å². The maximum absolute atomic E-state index is 14.5. The van der Waals surface area contributed by atoms with Crippen molar-refractivity contribution in [3.63, 3.8) is 0 Å². The fourth-order valence-corrected chi connectivity index (χ4v) is 8.04. The number of nitrogens with one attached hydrogen (secondary N) is 2. The molecule has 3 aromatic heterocycles. The molecule has 11 heteroatoms. The summed E-state index contributed by atoms with van der Waals surface area (Å²) in [4.78, 5) is 28.3. The molecule has 0 radical (unpaired) electrons. The molecule has 1 saturated heterocycles. The third-order valence-corrected chi connectivity index (χ3v) is 10.7. The van der Waals surface area contributed by atoms with Crippen LogP contribution in [-0.2, 0) is 17.3 Å². The zero-order chi connectivity index (χ0) is 31.5. The van der Waals surface area contributed by atoms with Gasteiger partial charge in [0.15, 0.2) is 17.3 Å². The van der Waals surface area contributed by atoms with E-state index in [1.54, 1.807) is 36.8 Å². The van der Waals surface area contributed by atoms with Crippen molar-refractivity contribution in [1.29, 1.82) is 0 Å². The van der Waals surface area contributed by atoms with Gasteiger partial charge in [0.1, 0.15) is 5.65 Å². The summed E-state index contributed by atoms with van der Waals surface area (Å²) in [5, 5.41) is 7.33. The summed E-state index contributed by atoms with van der Waals surface area (Å²) in [7, 11) is -1.24. The molecule has 9 nitrogen and oxygen atoms in total. The molecule has 2 atom stereocenters. The Hall–Kier alpha value is -4.48. The Morgan fingerprint density at radius 1 is 1.00 bits per heavy atom. The smallest absolute Gasteiger partial charge is 0.295 e. The molecule has 2 N–H and O–H groups in total. The maximum atomic E-state index is 14.5. The summed E-state index contributed by atoms with van der Waals surface area (Å²) in [6.07, 6.45) is 11.2. The summed E-state index contributed by atoms with van der Waals surface area (Å²) in [5.74, 6) is 0.0852. The normalized spacial score (nSPS) is 17.6. The van der Waals surface area contributed by atoms with Gasteiger partial charge in [0, 0.05) is 51.9 Å². The highest BCUT2D eigenvalue weighted by Gasteiger charge is 2.25. The minimum atomic E-state index is -1.24. The summed E-state index contributed by atoms with van der Waals surface area (Å²) in [6, 6.07) is 17.5. The van der Waals surface area contributed by atoms with E-state index < -0.39 is 22.2 Å². The fourth-order valence-electron chi connectivity index (χ4n) is 6.34. The summed E-state index contributed by atoms with van der Waals surface area (Å²) < 4.78 is 35.4. The number of para-hydroxylation sites is 1. The molecular weight excluding hydrogens is 603 g/mol. The summed E-state index contributed by atoms with van der Waals surface area (Å²) in [5.41, 5.74) is 2.61. The van der Waals surface area contributed by atoms with Crippen LogP contribution in [0.25, 0.3) is 11.0 Å². The Balaban J connectivity index is 1.26. The number of nitrogens with zero attached hydrogens (tertiary/aromatic N) is 4. The third-order valence-electron chi connectivity index (χ3n) is 8.79. The SMILES string of the molecule is O=c1c(Oc2ccccc2F)cc2cnc(Nc3ccc(C4CCCNC4)cc3)nc2n1Cc1cnccc1S(=O)C1CCCC1. The lowest BCUT2D eigenvalue weighted by molar-refractivity contribution is 0.433. The Labute approximate surface area is 268 Å². The molecule has 2 fully saturated rings. The van der Waals surface area contributed by atoms with Gasteiger partial charge in [0.2, 0.25) is 5.95 Å². The first-order valence-corrected chi connectivity index (χ1v) is 17.0. The van der Waals surface area contributed by atoms with Crippen LogP contribution in [-0.4, -0.2) is 42.1 Å². The largest absolute Gasteiger partial charge is 0.448 e. The van der Waals surface area contributed by atoms with Gasteiger partial charge in [-0.25, -0.2) is 9.37 Å². The van der Waals surface area contributed by atoms with Crippen LogP contribution in [0.4, 0.5) is 16.0 Å². The highest BCUT2D eigenvalue weighted by Crippen LogP contribution is 2.30. The van der Waals surface area contributed by atoms with E-state index >= 15 is 0 Å². The molecule has 0 amide bonds. The van der Waals surface area contributed by atoms with Crippen LogP contribution in [0.1, 0.15) is 55.6 Å². The van der Waals surface area contributed by atoms with Crippen molar-refractivity contribution in [2.45, 2.75) is 61.1 Å². The average Bonchev–Trinajstić information content (AvgIpc) is 3.64. The minimum absolute atomic E-state index is 0.0476. The number of hydrogen-bond acceptors (Lipinski definition) is 8. The van der Waals surface area contributed by atoms with E-state index in [1.807, 2.05) is 12.1 Å². The number of rotatable bonds is 9. The van der Waals surface area contributed by atoms with Gasteiger partial charge in [-0.1, -0.05) is 37.1 Å². The summed E-state index contributed by atoms with van der Waals surface area (Å²) >= 11 is 0. The molecule has 46 heavy (non-hydrogen) atoms. The van der Waals surface area contributed by atoms with E-state index in [4.69, 9.17) is 9.72 Å². The molecule has 1 saturated carbocycles. The minimum Gasteiger partial charge on any atom is -0.448 e. The number of piperidine rings is 1. The fraction of sp³-hybridized carbons (Fsp3) is 0.314. The second-order valence-corrected chi connectivity index (χ2v) is 13.6. The van der Waals surface area contributed by atoms with Crippen LogP contribution in [0, 0.1) is 5.82 Å². The molecule has 1 aliphatic carbocycles. The number of anilines is 2. The molecule has 5 aromatic rings. The van der Waals surface area contributed by atoms with Gasteiger partial charge in [-0.3, -0.25) is 18.6 Å². The number of aromatic nitrogens is 4. The first-order valence-electron chi connectivity index (χ1n) is 15.8. The van der Waals surface area contributed by atoms with Crippen LogP contribution in [0.3, 0.4) is 0 Å². The van der Waals surface area contributed by atoms with Crippen molar-refractivity contribution in [1.82, 2.24) is 24.8 Å². The number of fused-ring (bicyclic) bond motifs is 1. The van der Waals surface area contributed by atoms with Crippen molar-refractivity contribution < 1.29 is 13.3 Å². The van der Waals surface area contributed by atoms with E-state index in [9.17, 15) is 13.4 Å². The summed E-state index contributed by atoms with van der Waals surface area (Å²) in [6.45, 7) is 2.09. The average molecular weight is 639 g/mol. The van der Waals surface area contributed by atoms with Gasteiger partial charge in [0.25, 0.3) is 5.56 Å². The highest BCUT2D eigenvalue weighted by atomic mass is 32.2. The van der Waals surface area contributed by atoms with E-state index in [0.29, 0.717) is 33.4 Å². The molecule has 2 aromatic carbocycles. The number of ether oxygens (including phenoxy) is 1. The molecular formula is C35H35FN6O3S. The molecule has 1 aliphatic heterocycles. The first kappa shape index (κ1) is 30.2. The second kappa shape index (κ2) is 13.5. The number of benzene rings is 2. The zero-order valence-electron chi connectivity index (χ0n) is 25.3. The van der Waals surface area contributed by atoms with E-state index in [1.165, 1.54) is 41.2 Å². The van der Waals surface area contributed by atoms with Gasteiger partial charge in [-0.15, -0.1) is 0 Å². The second-order valence-electron chi connectivity index (χ2n) is 11.9. The van der Waals surface area contributed by atoms with Crippen LogP contribution in [0.5, 0.6) is 11.5 Å². The third kappa shape index (κ3) is 6.43. The predicted octanol–water partition coefficient (Wildman–Crippen LogP) is 6.43. The lowest BCUT2D eigenvalue weighted by Gasteiger charge is -2.23. The van der Waals surface area contributed by atoms with E-state index in [0.717, 1.165) is 44.5 Å². The number of hydrogen-bond donors (Lipinski definition) is 2. The Kier molecular flexibility index (Phi) is 8.85. The Morgan fingerprint density at radius 3 is 2.61 bits per heavy atom. The molecule has 0 bridgehead atoms. The lowest BCUT2D eigenvalue weighted by Crippen LogP contribution is -2.28. The van der Waals surface area contributed by atoms with E-state index in [-0.39, 0.29) is 23.3 Å². The van der Waals surface area contributed by atoms with E-state index in [2.05, 4.69) is 32.7 Å². The zero-order valence-corrected chi connectivity index (χ0v) is 26.1. The van der Waals surface area contributed by atoms with Gasteiger partial charge in [0.05, 0.1) is 17.3 Å². The standard InChI is InChI=1S/C35H35FN6O3S/c36-29-9-3-4-10-30(29)45-31-18-25-21-39-35(40-27-13-11-23(12-14-27)24-6-5-16-37-19-24)41-33(25)42(34(31)43)22-26-20-38-17-15-32(26)46(44)28-7-1-2-8-28/h3-4,9-15,17-18,20-21,24,28,37H,1-2,5-8,16,19,22H2,(H,39,40,41). The predicted molar refractivity (Wildman–Crippen MR) is 177 cm³/mol. The molecule has 236 valence electrons. The van der Waals surface area contributed by atoms with Crippen LogP contribution < -0.4 is 20.9 Å². The molecule has 2 unspecified atom stereocenters. The van der Waals surface area contributed by atoms with Crippen molar-refractivity contribution >= 4 is 33.5 Å². The maximum Gasteiger partial charge on any atom is 0.295 e. The van der Waals surface area contributed by atoms with Gasteiger partial charge < -0.3 is 15.4 Å². The monoisotopic (exact) mass is 638 g/mol. The number of pyridine rings is 2. The Morgan fingerprint density at radius 2 is 1.83 bits per heavy atom. The van der Waals surface area contributed by atoms with Gasteiger partial charge >= 0.3 is 0 Å². The van der Waals surface area contributed by atoms with Crippen molar-refractivity contribution in [2.24, 2.45) is 0 Å². The number of halogens is 1. The topological polar surface area (TPSA) is 111 Å². The van der Waals surface area contributed by atoms with Crippen molar-refractivity contribution in [2.75, 3.05) is 18.4 Å². The van der Waals surface area contributed by atoms with Gasteiger partial charge in [-0.05, 0) is 80.1 Å².